The summed E-state index contributed by atoms with van der Waals surface area (Å²) in [6.07, 6.45) is 7.36. The summed E-state index contributed by atoms with van der Waals surface area (Å²) >= 11 is 0. The maximum absolute atomic E-state index is 5.34. The number of hydrogen-bond donors (Lipinski definition) is 0. The summed E-state index contributed by atoms with van der Waals surface area (Å²) < 4.78 is 5.34. The van der Waals surface area contributed by atoms with Gasteiger partial charge in [0, 0.05) is 6.61 Å². The van der Waals surface area contributed by atoms with Crippen molar-refractivity contribution in [2.24, 2.45) is 5.92 Å². The molecule has 66 valence electrons. The Morgan fingerprint density at radius 1 is 1.36 bits per heavy atom. The Labute approximate surface area is 70.1 Å². The predicted octanol–water partition coefficient (Wildman–Crippen LogP) is 2.99. The molecule has 1 unspecified atom stereocenters. The number of unbranched alkanes of at least 4 members (excludes halogenated alkanes) is 1. The van der Waals surface area contributed by atoms with E-state index >= 15 is 0 Å². The van der Waals surface area contributed by atoms with Crippen molar-refractivity contribution in [3.63, 3.8) is 0 Å². The van der Waals surface area contributed by atoms with E-state index in [0.29, 0.717) is 6.10 Å². The van der Waals surface area contributed by atoms with Crippen LogP contribution in [0.3, 0.4) is 0 Å². The van der Waals surface area contributed by atoms with Gasteiger partial charge in [0.2, 0.25) is 0 Å². The Balaban J connectivity index is 1.80. The topological polar surface area (TPSA) is 9.23 Å². The van der Waals surface area contributed by atoms with Crippen LogP contribution in [0.15, 0.2) is 0 Å². The fraction of sp³-hybridized carbons (Fsp3) is 1.00. The molecule has 11 heavy (non-hydrogen) atoms. The second kappa shape index (κ2) is 4.76. The van der Waals surface area contributed by atoms with E-state index in [1.54, 1.807) is 0 Å². The van der Waals surface area contributed by atoms with Gasteiger partial charge in [0.25, 0.3) is 0 Å². The minimum atomic E-state index is 0.627. The van der Waals surface area contributed by atoms with Crippen LogP contribution in [0.4, 0.5) is 0 Å². The maximum Gasteiger partial charge on any atom is 0.0597 e. The van der Waals surface area contributed by atoms with E-state index in [1.807, 2.05) is 0 Å². The zero-order valence-corrected chi connectivity index (χ0v) is 7.81. The van der Waals surface area contributed by atoms with Gasteiger partial charge in [-0.2, -0.15) is 0 Å². The third-order valence-corrected chi connectivity index (χ3v) is 2.35. The molecule has 1 aliphatic rings. The van der Waals surface area contributed by atoms with Crippen molar-refractivity contribution in [3.05, 3.63) is 0 Å². The highest BCUT2D eigenvalue weighted by Crippen LogP contribution is 2.18. The molecule has 1 rings (SSSR count). The van der Waals surface area contributed by atoms with Gasteiger partial charge in [-0.25, -0.2) is 0 Å². The second-order valence-electron chi connectivity index (χ2n) is 3.96. The van der Waals surface area contributed by atoms with E-state index in [9.17, 15) is 0 Å². The van der Waals surface area contributed by atoms with E-state index in [1.165, 1.54) is 32.1 Å². The third kappa shape index (κ3) is 3.76. The molecule has 1 aliphatic heterocycles. The summed E-state index contributed by atoms with van der Waals surface area (Å²) in [4.78, 5) is 0. The highest BCUT2D eigenvalue weighted by Gasteiger charge is 2.16. The van der Waals surface area contributed by atoms with Crippen LogP contribution >= 0.6 is 0 Å². The average Bonchev–Trinajstić information content (AvgIpc) is 1.82. The Morgan fingerprint density at radius 3 is 2.55 bits per heavy atom. The molecule has 0 aromatic heterocycles. The highest BCUT2D eigenvalue weighted by atomic mass is 16.5. The van der Waals surface area contributed by atoms with Crippen molar-refractivity contribution in [3.8, 4) is 0 Å². The summed E-state index contributed by atoms with van der Waals surface area (Å²) in [5.74, 6) is 0.873. The van der Waals surface area contributed by atoms with E-state index in [-0.39, 0.29) is 0 Å². The van der Waals surface area contributed by atoms with Crippen molar-refractivity contribution < 1.29 is 4.74 Å². The van der Waals surface area contributed by atoms with Gasteiger partial charge in [-0.3, -0.25) is 0 Å². The minimum Gasteiger partial charge on any atom is -0.378 e. The largest absolute Gasteiger partial charge is 0.378 e. The van der Waals surface area contributed by atoms with E-state index in [2.05, 4.69) is 13.8 Å². The highest BCUT2D eigenvalue weighted by molar-refractivity contribution is 4.65. The molecule has 0 aromatic carbocycles. The molecule has 1 saturated heterocycles. The Kier molecular flexibility index (Phi) is 3.92. The summed E-state index contributed by atoms with van der Waals surface area (Å²) in [6, 6.07) is 0. The van der Waals surface area contributed by atoms with Crippen LogP contribution in [0, 0.1) is 5.92 Å². The Morgan fingerprint density at radius 2 is 2.09 bits per heavy atom. The van der Waals surface area contributed by atoms with Gasteiger partial charge < -0.3 is 4.74 Å². The predicted molar refractivity (Wildman–Crippen MR) is 47.7 cm³/mol. The normalized spacial score (nSPS) is 23.7. The van der Waals surface area contributed by atoms with Crippen LogP contribution in [0.1, 0.15) is 46.0 Å². The molecular weight excluding hydrogens is 136 g/mol. The molecule has 1 nitrogen and oxygen atoms in total. The summed E-state index contributed by atoms with van der Waals surface area (Å²) in [5, 5.41) is 0. The fourth-order valence-corrected chi connectivity index (χ4v) is 1.44. The minimum absolute atomic E-state index is 0.627. The van der Waals surface area contributed by atoms with Gasteiger partial charge in [-0.05, 0) is 18.8 Å². The average molecular weight is 156 g/mol. The molecule has 0 N–H and O–H groups in total. The SMILES string of the molecule is CC(C)CCCCC1CCO1. The molecule has 0 amide bonds. The number of hydrogen-bond acceptors (Lipinski definition) is 1. The van der Waals surface area contributed by atoms with Crippen molar-refractivity contribution >= 4 is 0 Å². The molecular formula is C10H20O. The lowest BCUT2D eigenvalue weighted by atomic mass is 10.0. The first kappa shape index (κ1) is 9.05. The van der Waals surface area contributed by atoms with Gasteiger partial charge in [-0.1, -0.05) is 33.1 Å². The fourth-order valence-electron chi connectivity index (χ4n) is 1.44. The molecule has 0 bridgehead atoms. The first-order valence-corrected chi connectivity index (χ1v) is 4.90. The van der Waals surface area contributed by atoms with Crippen LogP contribution in [-0.2, 0) is 4.74 Å². The van der Waals surface area contributed by atoms with Gasteiger partial charge >= 0.3 is 0 Å². The van der Waals surface area contributed by atoms with E-state index in [0.717, 1.165) is 12.5 Å². The molecule has 1 heteroatoms. The zero-order valence-electron chi connectivity index (χ0n) is 7.81. The molecule has 0 aromatic rings. The lowest BCUT2D eigenvalue weighted by Crippen LogP contribution is -2.26. The Bertz CT molecular complexity index is 95.0. The Hall–Kier alpha value is -0.0400. The second-order valence-corrected chi connectivity index (χ2v) is 3.96. The van der Waals surface area contributed by atoms with Gasteiger partial charge in [0.05, 0.1) is 6.10 Å². The first-order chi connectivity index (χ1) is 5.29. The molecule has 0 saturated carbocycles. The van der Waals surface area contributed by atoms with Crippen LogP contribution in [0.5, 0.6) is 0 Å². The monoisotopic (exact) mass is 156 g/mol. The molecule has 0 spiro atoms. The van der Waals surface area contributed by atoms with Crippen LogP contribution in [0.2, 0.25) is 0 Å². The number of ether oxygens (including phenoxy) is 1. The molecule has 1 atom stereocenters. The smallest absolute Gasteiger partial charge is 0.0597 e. The standard InChI is InChI=1S/C10H20O/c1-9(2)5-3-4-6-10-7-8-11-10/h9-10H,3-8H2,1-2H3. The van der Waals surface area contributed by atoms with Crippen LogP contribution in [-0.4, -0.2) is 12.7 Å². The van der Waals surface area contributed by atoms with E-state index in [4.69, 9.17) is 4.74 Å². The number of rotatable bonds is 5. The van der Waals surface area contributed by atoms with Gasteiger partial charge in [0.15, 0.2) is 0 Å². The zero-order chi connectivity index (χ0) is 8.10. The summed E-state index contributed by atoms with van der Waals surface area (Å²) in [6.45, 7) is 5.59. The molecule has 0 aliphatic carbocycles. The third-order valence-electron chi connectivity index (χ3n) is 2.35. The maximum atomic E-state index is 5.34. The van der Waals surface area contributed by atoms with Gasteiger partial charge in [0.1, 0.15) is 0 Å². The molecule has 0 radical (unpaired) electrons. The van der Waals surface area contributed by atoms with Crippen LogP contribution < -0.4 is 0 Å². The van der Waals surface area contributed by atoms with Crippen molar-refractivity contribution in [2.75, 3.05) is 6.61 Å². The lowest BCUT2D eigenvalue weighted by molar-refractivity contribution is -0.0556. The summed E-state index contributed by atoms with van der Waals surface area (Å²) in [5.41, 5.74) is 0. The van der Waals surface area contributed by atoms with E-state index < -0.39 is 0 Å². The lowest BCUT2D eigenvalue weighted by Gasteiger charge is -2.26. The molecule has 1 fully saturated rings. The quantitative estimate of drug-likeness (QED) is 0.556. The first-order valence-electron chi connectivity index (χ1n) is 4.90. The van der Waals surface area contributed by atoms with Crippen molar-refractivity contribution in [2.45, 2.75) is 52.1 Å². The van der Waals surface area contributed by atoms with Crippen molar-refractivity contribution in [1.29, 1.82) is 0 Å². The van der Waals surface area contributed by atoms with Crippen molar-refractivity contribution in [1.82, 2.24) is 0 Å². The van der Waals surface area contributed by atoms with Gasteiger partial charge in [-0.15, -0.1) is 0 Å². The summed E-state index contributed by atoms with van der Waals surface area (Å²) in [7, 11) is 0. The molecule has 1 heterocycles. The van der Waals surface area contributed by atoms with Crippen LogP contribution in [0.25, 0.3) is 0 Å².